The summed E-state index contributed by atoms with van der Waals surface area (Å²) in [5, 5.41) is 0. The van der Waals surface area contributed by atoms with Gasteiger partial charge in [-0.3, -0.25) is 0 Å². The van der Waals surface area contributed by atoms with Gasteiger partial charge in [0.15, 0.2) is 0 Å². The average molecular weight is 170 g/mol. The zero-order valence-electron chi connectivity index (χ0n) is 8.59. The SMILES string of the molecule is CCC(N)CN(C)C(C)C1CC1. The van der Waals surface area contributed by atoms with Crippen LogP contribution in [0.4, 0.5) is 0 Å². The first-order chi connectivity index (χ1) is 5.65. The Bertz CT molecular complexity index is 132. The summed E-state index contributed by atoms with van der Waals surface area (Å²) in [5.74, 6) is 0.957. The van der Waals surface area contributed by atoms with Gasteiger partial charge in [0.25, 0.3) is 0 Å². The predicted octanol–water partition coefficient (Wildman–Crippen LogP) is 1.45. The molecule has 0 bridgehead atoms. The van der Waals surface area contributed by atoms with Crippen molar-refractivity contribution in [2.45, 2.75) is 45.2 Å². The molecular formula is C10H22N2. The highest BCUT2D eigenvalue weighted by atomic mass is 15.1. The van der Waals surface area contributed by atoms with Crippen LogP contribution < -0.4 is 5.73 Å². The van der Waals surface area contributed by atoms with Crippen molar-refractivity contribution in [1.29, 1.82) is 0 Å². The minimum Gasteiger partial charge on any atom is -0.327 e. The highest BCUT2D eigenvalue weighted by Gasteiger charge is 2.30. The number of likely N-dealkylation sites (N-methyl/N-ethyl adjacent to an activating group) is 1. The standard InChI is InChI=1S/C10H22N2/c1-4-10(11)7-12(3)8(2)9-5-6-9/h8-10H,4-7,11H2,1-3H3. The number of nitrogens with two attached hydrogens (primary N) is 1. The maximum absolute atomic E-state index is 5.89. The molecule has 1 aliphatic carbocycles. The molecule has 0 aliphatic heterocycles. The van der Waals surface area contributed by atoms with Crippen LogP contribution in [0.2, 0.25) is 0 Å². The first-order valence-electron chi connectivity index (χ1n) is 5.11. The lowest BCUT2D eigenvalue weighted by molar-refractivity contribution is 0.219. The normalized spacial score (nSPS) is 22.8. The summed E-state index contributed by atoms with van der Waals surface area (Å²) >= 11 is 0. The second-order valence-corrected chi connectivity index (χ2v) is 4.19. The van der Waals surface area contributed by atoms with E-state index in [9.17, 15) is 0 Å². The Balaban J connectivity index is 2.21. The van der Waals surface area contributed by atoms with Crippen LogP contribution in [0.3, 0.4) is 0 Å². The van der Waals surface area contributed by atoms with E-state index in [1.165, 1.54) is 12.8 Å². The fraction of sp³-hybridized carbons (Fsp3) is 1.00. The lowest BCUT2D eigenvalue weighted by Crippen LogP contribution is -2.40. The van der Waals surface area contributed by atoms with E-state index in [2.05, 4.69) is 25.8 Å². The molecule has 72 valence electrons. The van der Waals surface area contributed by atoms with E-state index in [-0.39, 0.29) is 0 Å². The van der Waals surface area contributed by atoms with Crippen molar-refractivity contribution in [2.24, 2.45) is 11.7 Å². The third-order valence-corrected chi connectivity index (χ3v) is 3.05. The van der Waals surface area contributed by atoms with Crippen molar-refractivity contribution in [2.75, 3.05) is 13.6 Å². The molecule has 2 atom stereocenters. The van der Waals surface area contributed by atoms with Gasteiger partial charge in [-0.1, -0.05) is 6.92 Å². The van der Waals surface area contributed by atoms with Gasteiger partial charge in [-0.05, 0) is 39.2 Å². The van der Waals surface area contributed by atoms with Crippen LogP contribution in [-0.4, -0.2) is 30.6 Å². The summed E-state index contributed by atoms with van der Waals surface area (Å²) in [6.45, 7) is 5.52. The van der Waals surface area contributed by atoms with Crippen molar-refractivity contribution in [3.05, 3.63) is 0 Å². The zero-order valence-corrected chi connectivity index (χ0v) is 8.59. The molecule has 12 heavy (non-hydrogen) atoms. The molecular weight excluding hydrogens is 148 g/mol. The maximum Gasteiger partial charge on any atom is 0.0165 e. The van der Waals surface area contributed by atoms with E-state index in [0.717, 1.165) is 24.9 Å². The van der Waals surface area contributed by atoms with Crippen LogP contribution in [0.5, 0.6) is 0 Å². The molecule has 0 heterocycles. The monoisotopic (exact) mass is 170 g/mol. The highest BCUT2D eigenvalue weighted by Crippen LogP contribution is 2.34. The molecule has 1 fully saturated rings. The van der Waals surface area contributed by atoms with Crippen LogP contribution in [-0.2, 0) is 0 Å². The Morgan fingerprint density at radius 1 is 1.50 bits per heavy atom. The maximum atomic E-state index is 5.89. The van der Waals surface area contributed by atoms with Crippen molar-refractivity contribution >= 4 is 0 Å². The van der Waals surface area contributed by atoms with Crippen LogP contribution in [0.25, 0.3) is 0 Å². The summed E-state index contributed by atoms with van der Waals surface area (Å²) in [6, 6.07) is 1.10. The molecule has 0 saturated heterocycles. The fourth-order valence-corrected chi connectivity index (χ4v) is 1.60. The molecule has 1 saturated carbocycles. The summed E-state index contributed by atoms with van der Waals surface area (Å²) < 4.78 is 0. The molecule has 0 aromatic carbocycles. The molecule has 2 unspecified atom stereocenters. The Labute approximate surface area is 76.1 Å². The third-order valence-electron chi connectivity index (χ3n) is 3.05. The summed E-state index contributed by atoms with van der Waals surface area (Å²) in [6.07, 6.45) is 3.93. The summed E-state index contributed by atoms with van der Waals surface area (Å²) in [5.41, 5.74) is 5.89. The Hall–Kier alpha value is -0.0800. The van der Waals surface area contributed by atoms with Crippen molar-refractivity contribution in [3.63, 3.8) is 0 Å². The fourth-order valence-electron chi connectivity index (χ4n) is 1.60. The molecule has 0 spiro atoms. The number of hydrogen-bond donors (Lipinski definition) is 1. The molecule has 2 N–H and O–H groups in total. The first kappa shape index (κ1) is 10.0. The molecule has 0 aromatic rings. The topological polar surface area (TPSA) is 29.3 Å². The average Bonchev–Trinajstić information content (AvgIpc) is 2.85. The zero-order chi connectivity index (χ0) is 9.14. The van der Waals surface area contributed by atoms with Gasteiger partial charge in [-0.15, -0.1) is 0 Å². The van der Waals surface area contributed by atoms with Gasteiger partial charge in [0.2, 0.25) is 0 Å². The second-order valence-electron chi connectivity index (χ2n) is 4.19. The van der Waals surface area contributed by atoms with Gasteiger partial charge in [0, 0.05) is 18.6 Å². The van der Waals surface area contributed by atoms with Crippen molar-refractivity contribution < 1.29 is 0 Å². The third kappa shape index (κ3) is 2.76. The van der Waals surface area contributed by atoms with Crippen LogP contribution >= 0.6 is 0 Å². The van der Waals surface area contributed by atoms with E-state index < -0.39 is 0 Å². The summed E-state index contributed by atoms with van der Waals surface area (Å²) in [7, 11) is 2.19. The van der Waals surface area contributed by atoms with E-state index in [4.69, 9.17) is 5.73 Å². The Morgan fingerprint density at radius 3 is 2.50 bits per heavy atom. The van der Waals surface area contributed by atoms with Gasteiger partial charge in [0.1, 0.15) is 0 Å². The quantitative estimate of drug-likeness (QED) is 0.676. The molecule has 0 radical (unpaired) electrons. The van der Waals surface area contributed by atoms with Crippen LogP contribution in [0, 0.1) is 5.92 Å². The van der Waals surface area contributed by atoms with Crippen LogP contribution in [0.1, 0.15) is 33.1 Å². The van der Waals surface area contributed by atoms with Gasteiger partial charge < -0.3 is 10.6 Å². The molecule has 0 amide bonds. The first-order valence-corrected chi connectivity index (χ1v) is 5.11. The van der Waals surface area contributed by atoms with Crippen molar-refractivity contribution in [1.82, 2.24) is 4.90 Å². The summed E-state index contributed by atoms with van der Waals surface area (Å²) in [4.78, 5) is 2.41. The number of hydrogen-bond acceptors (Lipinski definition) is 2. The molecule has 2 heteroatoms. The molecule has 0 aromatic heterocycles. The minimum absolute atomic E-state index is 0.358. The highest BCUT2D eigenvalue weighted by molar-refractivity contribution is 4.84. The molecule has 1 aliphatic rings. The van der Waals surface area contributed by atoms with Crippen molar-refractivity contribution in [3.8, 4) is 0 Å². The molecule has 1 rings (SSSR count). The lowest BCUT2D eigenvalue weighted by atomic mass is 10.1. The minimum atomic E-state index is 0.358. The van der Waals surface area contributed by atoms with E-state index in [1.807, 2.05) is 0 Å². The Kier molecular flexibility index (Phi) is 3.53. The molecule has 2 nitrogen and oxygen atoms in total. The second kappa shape index (κ2) is 4.24. The smallest absolute Gasteiger partial charge is 0.0165 e. The van der Waals surface area contributed by atoms with Gasteiger partial charge in [-0.2, -0.15) is 0 Å². The van der Waals surface area contributed by atoms with Gasteiger partial charge in [-0.25, -0.2) is 0 Å². The predicted molar refractivity (Wildman–Crippen MR) is 53.1 cm³/mol. The largest absolute Gasteiger partial charge is 0.327 e. The Morgan fingerprint density at radius 2 is 2.08 bits per heavy atom. The van der Waals surface area contributed by atoms with E-state index in [1.54, 1.807) is 0 Å². The van der Waals surface area contributed by atoms with E-state index >= 15 is 0 Å². The number of rotatable bonds is 5. The number of nitrogens with zero attached hydrogens (tertiary/aromatic N) is 1. The lowest BCUT2D eigenvalue weighted by Gasteiger charge is -2.26. The van der Waals surface area contributed by atoms with Gasteiger partial charge >= 0.3 is 0 Å². The van der Waals surface area contributed by atoms with Crippen LogP contribution in [0.15, 0.2) is 0 Å². The van der Waals surface area contributed by atoms with E-state index in [0.29, 0.717) is 6.04 Å². The van der Waals surface area contributed by atoms with Gasteiger partial charge in [0.05, 0.1) is 0 Å².